The molecule has 3 rings (SSSR count). The lowest BCUT2D eigenvalue weighted by atomic mass is 10.1. The second-order valence-corrected chi connectivity index (χ2v) is 5.57. The first-order chi connectivity index (χ1) is 9.72. The van der Waals surface area contributed by atoms with Gasteiger partial charge in [-0.2, -0.15) is 0 Å². The summed E-state index contributed by atoms with van der Waals surface area (Å²) in [6.07, 6.45) is 7.08. The van der Waals surface area contributed by atoms with Crippen LogP contribution in [0.25, 0.3) is 11.0 Å². The number of anilines is 1. The quantitative estimate of drug-likeness (QED) is 0.649. The molecule has 0 bridgehead atoms. The molecule has 0 spiro atoms. The molecule has 4 nitrogen and oxygen atoms in total. The van der Waals surface area contributed by atoms with Crippen LogP contribution in [0.4, 0.5) is 5.69 Å². The maximum Gasteiger partial charge on any atom is 0.287 e. The Bertz CT molecular complexity index is 610. The van der Waals surface area contributed by atoms with Crippen molar-refractivity contribution < 1.29 is 9.21 Å². The Balaban J connectivity index is 1.74. The maximum atomic E-state index is 12.2. The lowest BCUT2D eigenvalue weighted by molar-refractivity contribution is 0.0907. The van der Waals surface area contributed by atoms with Gasteiger partial charge < -0.3 is 15.5 Å². The van der Waals surface area contributed by atoms with E-state index in [0.29, 0.717) is 17.0 Å². The highest BCUT2D eigenvalue weighted by Crippen LogP contribution is 2.22. The number of nitrogen functional groups attached to an aromatic ring is 1. The smallest absolute Gasteiger partial charge is 0.287 e. The molecule has 106 valence electrons. The van der Waals surface area contributed by atoms with Crippen LogP contribution in [0.2, 0.25) is 0 Å². The average Bonchev–Trinajstić information content (AvgIpc) is 2.68. The van der Waals surface area contributed by atoms with Crippen LogP contribution in [0.1, 0.15) is 49.1 Å². The summed E-state index contributed by atoms with van der Waals surface area (Å²) in [5, 5.41) is 3.96. The van der Waals surface area contributed by atoms with Gasteiger partial charge in [0.25, 0.3) is 5.91 Å². The number of furan rings is 1. The van der Waals surface area contributed by atoms with Crippen molar-refractivity contribution in [3.63, 3.8) is 0 Å². The van der Waals surface area contributed by atoms with Crippen molar-refractivity contribution in [2.75, 3.05) is 5.73 Å². The fourth-order valence-corrected chi connectivity index (χ4v) is 2.85. The summed E-state index contributed by atoms with van der Waals surface area (Å²) in [5.41, 5.74) is 7.11. The van der Waals surface area contributed by atoms with Crippen LogP contribution in [0.3, 0.4) is 0 Å². The van der Waals surface area contributed by atoms with E-state index in [1.54, 1.807) is 18.2 Å². The standard InChI is InChI=1S/C16H20N2O2/c17-12-7-8-14-11(9-12)10-15(20-14)16(19)18-13-5-3-1-2-4-6-13/h7-10,13H,1-6,17H2,(H,18,19). The average molecular weight is 272 g/mol. The van der Waals surface area contributed by atoms with E-state index in [0.717, 1.165) is 18.2 Å². The summed E-state index contributed by atoms with van der Waals surface area (Å²) in [7, 11) is 0. The van der Waals surface area contributed by atoms with Crippen molar-refractivity contribution in [2.45, 2.75) is 44.6 Å². The minimum Gasteiger partial charge on any atom is -0.451 e. The monoisotopic (exact) mass is 272 g/mol. The van der Waals surface area contributed by atoms with Gasteiger partial charge in [-0.1, -0.05) is 25.7 Å². The number of rotatable bonds is 2. The van der Waals surface area contributed by atoms with E-state index >= 15 is 0 Å². The van der Waals surface area contributed by atoms with Gasteiger partial charge in [0.05, 0.1) is 0 Å². The molecule has 1 aromatic heterocycles. The Hall–Kier alpha value is -1.97. The zero-order valence-electron chi connectivity index (χ0n) is 11.5. The number of carbonyl (C=O) groups is 1. The largest absolute Gasteiger partial charge is 0.451 e. The van der Waals surface area contributed by atoms with E-state index in [-0.39, 0.29) is 11.9 Å². The third-order valence-corrected chi connectivity index (χ3v) is 3.95. The van der Waals surface area contributed by atoms with Crippen molar-refractivity contribution in [3.05, 3.63) is 30.0 Å². The molecule has 4 heteroatoms. The summed E-state index contributed by atoms with van der Waals surface area (Å²) in [6, 6.07) is 7.44. The predicted molar refractivity (Wildman–Crippen MR) is 79.6 cm³/mol. The molecule has 1 amide bonds. The Morgan fingerprint density at radius 2 is 1.90 bits per heavy atom. The molecular formula is C16H20N2O2. The zero-order chi connectivity index (χ0) is 13.9. The summed E-state index contributed by atoms with van der Waals surface area (Å²) in [6.45, 7) is 0. The molecule has 0 saturated heterocycles. The summed E-state index contributed by atoms with van der Waals surface area (Å²) in [5.74, 6) is 0.251. The molecule has 0 atom stereocenters. The normalized spacial score (nSPS) is 17.0. The highest BCUT2D eigenvalue weighted by atomic mass is 16.3. The highest BCUT2D eigenvalue weighted by molar-refractivity contribution is 5.96. The van der Waals surface area contributed by atoms with E-state index in [1.165, 1.54) is 25.7 Å². The van der Waals surface area contributed by atoms with Crippen LogP contribution in [-0.4, -0.2) is 11.9 Å². The molecule has 0 radical (unpaired) electrons. The molecule has 2 aromatic rings. The van der Waals surface area contributed by atoms with Crippen LogP contribution in [0.15, 0.2) is 28.7 Å². The molecule has 1 saturated carbocycles. The lowest BCUT2D eigenvalue weighted by Gasteiger charge is -2.14. The van der Waals surface area contributed by atoms with E-state index < -0.39 is 0 Å². The van der Waals surface area contributed by atoms with Gasteiger partial charge in [0.2, 0.25) is 0 Å². The van der Waals surface area contributed by atoms with Crippen molar-refractivity contribution in [1.82, 2.24) is 5.32 Å². The number of carbonyl (C=O) groups excluding carboxylic acids is 1. The number of nitrogens with one attached hydrogen (secondary N) is 1. The number of nitrogens with two attached hydrogens (primary N) is 1. The Labute approximate surface area is 118 Å². The number of hydrogen-bond acceptors (Lipinski definition) is 3. The molecule has 1 fully saturated rings. The van der Waals surface area contributed by atoms with Crippen molar-refractivity contribution in [2.24, 2.45) is 0 Å². The number of fused-ring (bicyclic) bond motifs is 1. The fraction of sp³-hybridized carbons (Fsp3) is 0.438. The SMILES string of the molecule is Nc1ccc2oc(C(=O)NC3CCCCCC3)cc2c1. The van der Waals surface area contributed by atoms with Gasteiger partial charge in [-0.15, -0.1) is 0 Å². The predicted octanol–water partition coefficient (Wildman–Crippen LogP) is 3.47. The number of hydrogen-bond donors (Lipinski definition) is 2. The summed E-state index contributed by atoms with van der Waals surface area (Å²) >= 11 is 0. The lowest BCUT2D eigenvalue weighted by Crippen LogP contribution is -2.34. The molecule has 0 unspecified atom stereocenters. The minimum absolute atomic E-state index is 0.119. The highest BCUT2D eigenvalue weighted by Gasteiger charge is 2.18. The number of benzene rings is 1. The number of amides is 1. The first-order valence-corrected chi connectivity index (χ1v) is 7.32. The van der Waals surface area contributed by atoms with Crippen LogP contribution < -0.4 is 11.1 Å². The maximum absolute atomic E-state index is 12.2. The van der Waals surface area contributed by atoms with Crippen LogP contribution in [-0.2, 0) is 0 Å². The van der Waals surface area contributed by atoms with Crippen LogP contribution in [0.5, 0.6) is 0 Å². The fourth-order valence-electron chi connectivity index (χ4n) is 2.85. The minimum atomic E-state index is -0.119. The first kappa shape index (κ1) is 13.0. The molecule has 3 N–H and O–H groups in total. The molecule has 1 aromatic carbocycles. The molecule has 1 heterocycles. The molecular weight excluding hydrogens is 252 g/mol. The van der Waals surface area contributed by atoms with Gasteiger partial charge in [0, 0.05) is 17.1 Å². The first-order valence-electron chi connectivity index (χ1n) is 7.32. The van der Waals surface area contributed by atoms with Crippen molar-refractivity contribution >= 4 is 22.6 Å². The van der Waals surface area contributed by atoms with Gasteiger partial charge in [-0.05, 0) is 37.1 Å². The topological polar surface area (TPSA) is 68.3 Å². The molecule has 0 aliphatic heterocycles. The second-order valence-electron chi connectivity index (χ2n) is 5.57. The van der Waals surface area contributed by atoms with Crippen molar-refractivity contribution in [3.8, 4) is 0 Å². The Kier molecular flexibility index (Phi) is 3.63. The van der Waals surface area contributed by atoms with Gasteiger partial charge in [-0.3, -0.25) is 4.79 Å². The van der Waals surface area contributed by atoms with E-state index in [1.807, 2.05) is 6.07 Å². The Morgan fingerprint density at radius 3 is 2.65 bits per heavy atom. The zero-order valence-corrected chi connectivity index (χ0v) is 11.5. The summed E-state index contributed by atoms with van der Waals surface area (Å²) < 4.78 is 5.59. The van der Waals surface area contributed by atoms with Gasteiger partial charge in [-0.25, -0.2) is 0 Å². The van der Waals surface area contributed by atoms with Gasteiger partial charge in [0.15, 0.2) is 5.76 Å². The van der Waals surface area contributed by atoms with E-state index in [9.17, 15) is 4.79 Å². The molecule has 1 aliphatic rings. The second kappa shape index (κ2) is 5.57. The molecule has 20 heavy (non-hydrogen) atoms. The third kappa shape index (κ3) is 2.79. The molecule has 1 aliphatic carbocycles. The van der Waals surface area contributed by atoms with Gasteiger partial charge in [0.1, 0.15) is 5.58 Å². The van der Waals surface area contributed by atoms with E-state index in [4.69, 9.17) is 10.2 Å². The van der Waals surface area contributed by atoms with Crippen LogP contribution >= 0.6 is 0 Å². The van der Waals surface area contributed by atoms with Crippen molar-refractivity contribution in [1.29, 1.82) is 0 Å². The third-order valence-electron chi connectivity index (χ3n) is 3.95. The van der Waals surface area contributed by atoms with Crippen LogP contribution in [0, 0.1) is 0 Å². The Morgan fingerprint density at radius 1 is 1.15 bits per heavy atom. The van der Waals surface area contributed by atoms with E-state index in [2.05, 4.69) is 5.32 Å². The summed E-state index contributed by atoms with van der Waals surface area (Å²) in [4.78, 5) is 12.2. The van der Waals surface area contributed by atoms with Gasteiger partial charge >= 0.3 is 0 Å².